The van der Waals surface area contributed by atoms with Crippen LogP contribution in [0.2, 0.25) is 0 Å². The Labute approximate surface area is 78.6 Å². The van der Waals surface area contributed by atoms with Crippen LogP contribution < -0.4 is 0 Å². The van der Waals surface area contributed by atoms with Crippen molar-refractivity contribution in [3.63, 3.8) is 0 Å². The molecule has 14 heavy (non-hydrogen) atoms. The van der Waals surface area contributed by atoms with Gasteiger partial charge in [-0.25, -0.2) is 4.98 Å². The van der Waals surface area contributed by atoms with E-state index < -0.39 is 0 Å². The van der Waals surface area contributed by atoms with Gasteiger partial charge in [-0.05, 0) is 18.2 Å². The molecule has 0 bridgehead atoms. The molecule has 0 fully saturated rings. The predicted octanol–water partition coefficient (Wildman–Crippen LogP) is 0.983. The standard InChI is InChI=1S/C9H6N4O/c14-7-1-2-8-6(3-7)4-10-9-5-11-12-13(8)9/h1-5,14H. The van der Waals surface area contributed by atoms with E-state index >= 15 is 0 Å². The minimum absolute atomic E-state index is 0.221. The van der Waals surface area contributed by atoms with Gasteiger partial charge >= 0.3 is 0 Å². The van der Waals surface area contributed by atoms with E-state index in [1.807, 2.05) is 0 Å². The molecule has 68 valence electrons. The molecule has 0 atom stereocenters. The highest BCUT2D eigenvalue weighted by molar-refractivity contribution is 5.81. The third-order valence-electron chi connectivity index (χ3n) is 2.11. The Hall–Kier alpha value is -2.17. The molecule has 2 aromatic heterocycles. The first kappa shape index (κ1) is 7.25. The molecule has 1 aromatic carbocycles. The van der Waals surface area contributed by atoms with Gasteiger partial charge in [-0.2, -0.15) is 4.52 Å². The van der Waals surface area contributed by atoms with Crippen molar-refractivity contribution in [2.24, 2.45) is 0 Å². The van der Waals surface area contributed by atoms with Crippen LogP contribution in [0.3, 0.4) is 0 Å². The Morgan fingerprint density at radius 1 is 1.21 bits per heavy atom. The lowest BCUT2D eigenvalue weighted by atomic mass is 10.2. The van der Waals surface area contributed by atoms with Gasteiger partial charge in [0.25, 0.3) is 0 Å². The van der Waals surface area contributed by atoms with Gasteiger partial charge in [0.2, 0.25) is 0 Å². The minimum Gasteiger partial charge on any atom is -0.508 e. The van der Waals surface area contributed by atoms with E-state index in [1.54, 1.807) is 35.1 Å². The van der Waals surface area contributed by atoms with E-state index in [2.05, 4.69) is 15.3 Å². The third-order valence-corrected chi connectivity index (χ3v) is 2.11. The molecule has 5 heteroatoms. The van der Waals surface area contributed by atoms with Gasteiger partial charge in [-0.1, -0.05) is 5.21 Å². The number of hydrogen-bond acceptors (Lipinski definition) is 4. The number of benzene rings is 1. The number of aromatic hydroxyl groups is 1. The number of hydrogen-bond donors (Lipinski definition) is 1. The molecule has 2 heterocycles. The summed E-state index contributed by atoms with van der Waals surface area (Å²) in [5, 5.41) is 17.8. The summed E-state index contributed by atoms with van der Waals surface area (Å²) in [4.78, 5) is 4.14. The predicted molar refractivity (Wildman–Crippen MR) is 50.0 cm³/mol. The fourth-order valence-corrected chi connectivity index (χ4v) is 1.46. The zero-order valence-electron chi connectivity index (χ0n) is 7.12. The van der Waals surface area contributed by atoms with E-state index in [-0.39, 0.29) is 5.75 Å². The number of aromatic nitrogens is 4. The first-order chi connectivity index (χ1) is 6.84. The van der Waals surface area contributed by atoms with Crippen molar-refractivity contribution in [2.75, 3.05) is 0 Å². The first-order valence-corrected chi connectivity index (χ1v) is 4.13. The van der Waals surface area contributed by atoms with Crippen molar-refractivity contribution in [3.8, 4) is 5.75 Å². The molecule has 0 unspecified atom stereocenters. The molecule has 0 spiro atoms. The Balaban J connectivity index is 2.57. The molecular weight excluding hydrogens is 180 g/mol. The lowest BCUT2D eigenvalue weighted by Gasteiger charge is -1.99. The summed E-state index contributed by atoms with van der Waals surface area (Å²) in [5.41, 5.74) is 1.58. The number of phenolic OH excluding ortho intramolecular Hbond substituents is 1. The molecule has 3 aromatic rings. The van der Waals surface area contributed by atoms with Crippen LogP contribution in [0.5, 0.6) is 5.75 Å². The molecule has 0 amide bonds. The zero-order chi connectivity index (χ0) is 9.54. The summed E-state index contributed by atoms with van der Waals surface area (Å²) in [6, 6.07) is 5.04. The highest BCUT2D eigenvalue weighted by Crippen LogP contribution is 2.18. The molecule has 3 rings (SSSR count). The Bertz CT molecular complexity index is 616. The monoisotopic (exact) mass is 186 g/mol. The van der Waals surface area contributed by atoms with Crippen molar-refractivity contribution in [1.82, 2.24) is 19.8 Å². The summed E-state index contributed by atoms with van der Waals surface area (Å²) in [6.45, 7) is 0. The van der Waals surface area contributed by atoms with Crippen LogP contribution >= 0.6 is 0 Å². The van der Waals surface area contributed by atoms with Crippen LogP contribution in [0.15, 0.2) is 30.6 Å². The first-order valence-electron chi connectivity index (χ1n) is 4.13. The molecule has 1 N–H and O–H groups in total. The summed E-state index contributed by atoms with van der Waals surface area (Å²) in [7, 11) is 0. The highest BCUT2D eigenvalue weighted by Gasteiger charge is 2.02. The summed E-state index contributed by atoms with van der Waals surface area (Å²) in [5.74, 6) is 0.221. The second-order valence-electron chi connectivity index (χ2n) is 3.01. The molecule has 0 aliphatic heterocycles. The molecule has 0 aliphatic rings. The summed E-state index contributed by atoms with van der Waals surface area (Å²) in [6.07, 6.45) is 3.28. The van der Waals surface area contributed by atoms with Crippen LogP contribution in [0.25, 0.3) is 16.6 Å². The van der Waals surface area contributed by atoms with Gasteiger partial charge in [0.05, 0.1) is 11.7 Å². The van der Waals surface area contributed by atoms with E-state index in [9.17, 15) is 5.11 Å². The van der Waals surface area contributed by atoms with Crippen LogP contribution in [0.4, 0.5) is 0 Å². The van der Waals surface area contributed by atoms with Gasteiger partial charge in [-0.15, -0.1) is 5.10 Å². The molecule has 0 aliphatic carbocycles. The van der Waals surface area contributed by atoms with Crippen molar-refractivity contribution >= 4 is 16.6 Å². The lowest BCUT2D eigenvalue weighted by molar-refractivity contribution is 0.476. The van der Waals surface area contributed by atoms with Gasteiger partial charge in [0.15, 0.2) is 5.65 Å². The largest absolute Gasteiger partial charge is 0.508 e. The van der Waals surface area contributed by atoms with Crippen molar-refractivity contribution in [3.05, 3.63) is 30.6 Å². The fraction of sp³-hybridized carbons (Fsp3) is 0. The normalized spacial score (nSPS) is 11.1. The summed E-state index contributed by atoms with van der Waals surface area (Å²) < 4.78 is 1.63. The SMILES string of the molecule is Oc1ccc2c(cnc3cnnn32)c1. The number of fused-ring (bicyclic) bond motifs is 3. The van der Waals surface area contributed by atoms with Crippen molar-refractivity contribution in [1.29, 1.82) is 0 Å². The van der Waals surface area contributed by atoms with Gasteiger partial charge in [0.1, 0.15) is 5.75 Å². The molecule has 0 saturated heterocycles. The third kappa shape index (κ3) is 0.861. The Morgan fingerprint density at radius 3 is 3.07 bits per heavy atom. The lowest BCUT2D eigenvalue weighted by Crippen LogP contribution is -1.92. The number of rotatable bonds is 0. The maximum Gasteiger partial charge on any atom is 0.176 e. The average molecular weight is 186 g/mol. The number of phenols is 1. The second-order valence-corrected chi connectivity index (χ2v) is 3.01. The van der Waals surface area contributed by atoms with Gasteiger partial charge < -0.3 is 5.11 Å². The minimum atomic E-state index is 0.221. The second kappa shape index (κ2) is 2.41. The van der Waals surface area contributed by atoms with E-state index in [1.165, 1.54) is 0 Å². The van der Waals surface area contributed by atoms with Crippen molar-refractivity contribution in [2.45, 2.75) is 0 Å². The fourth-order valence-electron chi connectivity index (χ4n) is 1.46. The maximum absolute atomic E-state index is 9.28. The quantitative estimate of drug-likeness (QED) is 0.568. The zero-order valence-corrected chi connectivity index (χ0v) is 7.12. The van der Waals surface area contributed by atoms with E-state index in [0.29, 0.717) is 5.65 Å². The molecular formula is C9H6N4O. The van der Waals surface area contributed by atoms with Crippen molar-refractivity contribution < 1.29 is 5.11 Å². The molecule has 0 saturated carbocycles. The topological polar surface area (TPSA) is 63.3 Å². The van der Waals surface area contributed by atoms with Crippen LogP contribution in [0.1, 0.15) is 0 Å². The smallest absolute Gasteiger partial charge is 0.176 e. The summed E-state index contributed by atoms with van der Waals surface area (Å²) >= 11 is 0. The maximum atomic E-state index is 9.28. The highest BCUT2D eigenvalue weighted by atomic mass is 16.3. The van der Waals surface area contributed by atoms with Gasteiger partial charge in [-0.3, -0.25) is 0 Å². The number of nitrogens with zero attached hydrogens (tertiary/aromatic N) is 4. The van der Waals surface area contributed by atoms with E-state index in [4.69, 9.17) is 0 Å². The Morgan fingerprint density at radius 2 is 2.14 bits per heavy atom. The van der Waals surface area contributed by atoms with Crippen LogP contribution in [-0.4, -0.2) is 24.9 Å². The Kier molecular flexibility index (Phi) is 1.25. The average Bonchev–Trinajstić information content (AvgIpc) is 2.65. The van der Waals surface area contributed by atoms with Gasteiger partial charge in [0, 0.05) is 11.6 Å². The van der Waals surface area contributed by atoms with E-state index in [0.717, 1.165) is 10.9 Å². The van der Waals surface area contributed by atoms with Crippen LogP contribution in [0, 0.1) is 0 Å². The molecule has 0 radical (unpaired) electrons. The van der Waals surface area contributed by atoms with Crippen LogP contribution in [-0.2, 0) is 0 Å². The molecule has 5 nitrogen and oxygen atoms in total.